The summed E-state index contributed by atoms with van der Waals surface area (Å²) in [5, 5.41) is 4.45. The molecule has 6 heteroatoms. The molecule has 1 aliphatic heterocycles. The van der Waals surface area contributed by atoms with E-state index in [0.717, 1.165) is 39.2 Å². The van der Waals surface area contributed by atoms with E-state index in [-0.39, 0.29) is 5.91 Å². The monoisotopic (exact) mass is 356 g/mol. The van der Waals surface area contributed by atoms with Crippen LogP contribution in [0, 0.1) is 0 Å². The highest BCUT2D eigenvalue weighted by Crippen LogP contribution is 2.38. The van der Waals surface area contributed by atoms with Crippen molar-refractivity contribution in [1.82, 2.24) is 10.3 Å². The number of halogens is 1. The van der Waals surface area contributed by atoms with Gasteiger partial charge in [0.25, 0.3) is 0 Å². The van der Waals surface area contributed by atoms with Gasteiger partial charge in [0.1, 0.15) is 13.2 Å². The van der Waals surface area contributed by atoms with Crippen LogP contribution in [0.3, 0.4) is 0 Å². The molecule has 0 aliphatic carbocycles. The van der Waals surface area contributed by atoms with Crippen molar-refractivity contribution in [2.75, 3.05) is 13.2 Å². The van der Waals surface area contributed by atoms with E-state index >= 15 is 0 Å². The number of carbonyl (C=O) groups excluding carboxylic acids is 1. The van der Waals surface area contributed by atoms with Gasteiger partial charge in [0.2, 0.25) is 5.91 Å². The fourth-order valence-electron chi connectivity index (χ4n) is 2.96. The SMILES string of the molecule is CC(=O)NCc1cc2cc(Cl)c(-c3ccc4c(c3)OCCO4)cc2[nH]1. The van der Waals surface area contributed by atoms with Crippen LogP contribution in [0.15, 0.2) is 36.4 Å². The molecule has 5 nitrogen and oxygen atoms in total. The largest absolute Gasteiger partial charge is 0.486 e. The number of aromatic amines is 1. The van der Waals surface area contributed by atoms with Crippen molar-refractivity contribution < 1.29 is 14.3 Å². The van der Waals surface area contributed by atoms with Gasteiger partial charge in [0.15, 0.2) is 11.5 Å². The second kappa shape index (κ2) is 6.33. The summed E-state index contributed by atoms with van der Waals surface area (Å²) in [4.78, 5) is 14.4. The Balaban J connectivity index is 1.72. The molecule has 1 amide bonds. The summed E-state index contributed by atoms with van der Waals surface area (Å²) in [5.41, 5.74) is 3.78. The Hall–Kier alpha value is -2.66. The number of hydrogen-bond acceptors (Lipinski definition) is 3. The van der Waals surface area contributed by atoms with E-state index in [1.165, 1.54) is 6.92 Å². The maximum Gasteiger partial charge on any atom is 0.217 e. The molecule has 1 aromatic heterocycles. The van der Waals surface area contributed by atoms with Gasteiger partial charge >= 0.3 is 0 Å². The predicted octanol–water partition coefficient (Wildman–Crippen LogP) is 3.90. The number of nitrogens with one attached hydrogen (secondary N) is 2. The number of rotatable bonds is 3. The molecule has 128 valence electrons. The van der Waals surface area contributed by atoms with Crippen molar-refractivity contribution in [3.05, 3.63) is 47.1 Å². The van der Waals surface area contributed by atoms with Gasteiger partial charge in [0.05, 0.1) is 6.54 Å². The zero-order valence-corrected chi connectivity index (χ0v) is 14.4. The Morgan fingerprint density at radius 2 is 1.96 bits per heavy atom. The van der Waals surface area contributed by atoms with Crippen molar-refractivity contribution in [2.24, 2.45) is 0 Å². The van der Waals surface area contributed by atoms with Crippen molar-refractivity contribution in [3.8, 4) is 22.6 Å². The van der Waals surface area contributed by atoms with E-state index in [2.05, 4.69) is 10.3 Å². The van der Waals surface area contributed by atoms with Crippen LogP contribution < -0.4 is 14.8 Å². The summed E-state index contributed by atoms with van der Waals surface area (Å²) in [6, 6.07) is 11.8. The van der Waals surface area contributed by atoms with Gasteiger partial charge in [-0.1, -0.05) is 17.7 Å². The first kappa shape index (κ1) is 15.8. The van der Waals surface area contributed by atoms with E-state index in [9.17, 15) is 4.79 Å². The summed E-state index contributed by atoms with van der Waals surface area (Å²) in [6.45, 7) is 3.07. The molecule has 0 atom stereocenters. The Kier molecular flexibility index (Phi) is 4.01. The average molecular weight is 357 g/mol. The lowest BCUT2D eigenvalue weighted by molar-refractivity contribution is -0.119. The minimum atomic E-state index is -0.0614. The van der Waals surface area contributed by atoms with E-state index in [0.29, 0.717) is 24.8 Å². The first-order valence-electron chi connectivity index (χ1n) is 8.06. The van der Waals surface area contributed by atoms with Gasteiger partial charge in [-0.15, -0.1) is 0 Å². The number of ether oxygens (including phenoxy) is 2. The predicted molar refractivity (Wildman–Crippen MR) is 97.3 cm³/mol. The summed E-state index contributed by atoms with van der Waals surface area (Å²) in [5.74, 6) is 1.43. The first-order chi connectivity index (χ1) is 12.1. The van der Waals surface area contributed by atoms with E-state index in [1.807, 2.05) is 36.4 Å². The minimum absolute atomic E-state index is 0.0614. The molecule has 3 aromatic rings. The minimum Gasteiger partial charge on any atom is -0.486 e. The second-order valence-electron chi connectivity index (χ2n) is 5.98. The summed E-state index contributed by atoms with van der Waals surface area (Å²) < 4.78 is 11.2. The van der Waals surface area contributed by atoms with Crippen LogP contribution >= 0.6 is 11.6 Å². The van der Waals surface area contributed by atoms with Gasteiger partial charge in [-0.3, -0.25) is 4.79 Å². The number of benzene rings is 2. The van der Waals surface area contributed by atoms with E-state index < -0.39 is 0 Å². The van der Waals surface area contributed by atoms with Gasteiger partial charge in [0, 0.05) is 34.1 Å². The van der Waals surface area contributed by atoms with Gasteiger partial charge in [-0.25, -0.2) is 0 Å². The lowest BCUT2D eigenvalue weighted by Crippen LogP contribution is -2.18. The molecule has 25 heavy (non-hydrogen) atoms. The number of H-pyrrole nitrogens is 1. The molecule has 0 unspecified atom stereocenters. The highest BCUT2D eigenvalue weighted by Gasteiger charge is 2.15. The summed E-state index contributed by atoms with van der Waals surface area (Å²) in [6.07, 6.45) is 0. The molecule has 2 N–H and O–H groups in total. The number of carbonyl (C=O) groups is 1. The van der Waals surface area contributed by atoms with Crippen molar-refractivity contribution in [1.29, 1.82) is 0 Å². The second-order valence-corrected chi connectivity index (χ2v) is 6.39. The Morgan fingerprint density at radius 1 is 1.16 bits per heavy atom. The number of fused-ring (bicyclic) bond motifs is 2. The Morgan fingerprint density at radius 3 is 2.76 bits per heavy atom. The first-order valence-corrected chi connectivity index (χ1v) is 8.43. The summed E-state index contributed by atoms with van der Waals surface area (Å²) in [7, 11) is 0. The lowest BCUT2D eigenvalue weighted by atomic mass is 10.0. The number of hydrogen-bond donors (Lipinski definition) is 2. The zero-order chi connectivity index (χ0) is 17.4. The lowest BCUT2D eigenvalue weighted by Gasteiger charge is -2.19. The molecule has 2 aromatic carbocycles. The van der Waals surface area contributed by atoms with Crippen LogP contribution in [0.25, 0.3) is 22.0 Å². The third kappa shape index (κ3) is 3.15. The molecule has 2 heterocycles. The van der Waals surface area contributed by atoms with Crippen molar-refractivity contribution in [2.45, 2.75) is 13.5 Å². The molecule has 4 rings (SSSR count). The molecular formula is C19H17ClN2O3. The molecular weight excluding hydrogens is 340 g/mol. The summed E-state index contributed by atoms with van der Waals surface area (Å²) >= 11 is 6.50. The van der Waals surface area contributed by atoms with Crippen LogP contribution in [0.1, 0.15) is 12.6 Å². The molecule has 0 saturated carbocycles. The fourth-order valence-corrected chi connectivity index (χ4v) is 3.24. The average Bonchev–Trinajstić information content (AvgIpc) is 3.00. The van der Waals surface area contributed by atoms with E-state index in [1.54, 1.807) is 0 Å². The van der Waals surface area contributed by atoms with Gasteiger partial charge in [-0.2, -0.15) is 0 Å². The third-order valence-electron chi connectivity index (χ3n) is 4.15. The van der Waals surface area contributed by atoms with Crippen molar-refractivity contribution in [3.63, 3.8) is 0 Å². The Labute approximate surface area is 149 Å². The van der Waals surface area contributed by atoms with Crippen LogP contribution in [0.4, 0.5) is 0 Å². The quantitative estimate of drug-likeness (QED) is 0.748. The van der Waals surface area contributed by atoms with Crippen LogP contribution in [-0.4, -0.2) is 24.1 Å². The zero-order valence-electron chi connectivity index (χ0n) is 13.7. The highest BCUT2D eigenvalue weighted by atomic mass is 35.5. The normalized spacial score (nSPS) is 13.0. The molecule has 0 spiro atoms. The highest BCUT2D eigenvalue weighted by molar-refractivity contribution is 6.34. The maximum absolute atomic E-state index is 11.1. The van der Waals surface area contributed by atoms with Gasteiger partial charge < -0.3 is 19.8 Å². The van der Waals surface area contributed by atoms with Crippen LogP contribution in [0.2, 0.25) is 5.02 Å². The van der Waals surface area contributed by atoms with Crippen LogP contribution in [-0.2, 0) is 11.3 Å². The Bertz CT molecular complexity index is 965. The maximum atomic E-state index is 11.1. The molecule has 0 fully saturated rings. The fraction of sp³-hybridized carbons (Fsp3) is 0.211. The standard InChI is InChI=1S/C19H17ClN2O3/c1-11(23)21-10-14-6-13-7-16(20)15(9-17(13)22-14)12-2-3-18-19(8-12)25-5-4-24-18/h2-3,6-9,22H,4-5,10H2,1H3,(H,21,23). The van der Waals surface area contributed by atoms with Crippen LogP contribution in [0.5, 0.6) is 11.5 Å². The molecule has 0 bridgehead atoms. The van der Waals surface area contributed by atoms with Crippen molar-refractivity contribution >= 4 is 28.4 Å². The molecule has 1 aliphatic rings. The topological polar surface area (TPSA) is 63.4 Å². The smallest absolute Gasteiger partial charge is 0.217 e. The third-order valence-corrected chi connectivity index (χ3v) is 4.46. The van der Waals surface area contributed by atoms with Gasteiger partial charge in [-0.05, 0) is 35.9 Å². The number of aromatic nitrogens is 1. The molecule has 0 radical (unpaired) electrons. The number of amides is 1. The molecule has 0 saturated heterocycles. The van der Waals surface area contributed by atoms with E-state index in [4.69, 9.17) is 21.1 Å².